The van der Waals surface area contributed by atoms with Crippen LogP contribution in [0.1, 0.15) is 94.0 Å². The highest BCUT2D eigenvalue weighted by atomic mass is 16.2. The number of pyridine rings is 2. The molecule has 0 unspecified atom stereocenters. The molecule has 9 nitrogen and oxygen atoms in total. The Morgan fingerprint density at radius 1 is 1.19 bits per heavy atom. The van der Waals surface area contributed by atoms with Crippen molar-refractivity contribution < 1.29 is 4.79 Å². The van der Waals surface area contributed by atoms with Gasteiger partial charge in [0, 0.05) is 36.8 Å². The topological polar surface area (TPSA) is 117 Å². The lowest BCUT2D eigenvalue weighted by Crippen LogP contribution is -2.42. The summed E-state index contributed by atoms with van der Waals surface area (Å²) in [5, 5.41) is 4.16. The van der Waals surface area contributed by atoms with Gasteiger partial charge >= 0.3 is 0 Å². The van der Waals surface area contributed by atoms with Gasteiger partial charge in [-0.2, -0.15) is 5.10 Å². The van der Waals surface area contributed by atoms with Crippen molar-refractivity contribution in [1.29, 1.82) is 0 Å². The number of hydrazone groups is 1. The van der Waals surface area contributed by atoms with Gasteiger partial charge in [0.15, 0.2) is 5.84 Å². The Morgan fingerprint density at radius 3 is 2.54 bits per heavy atom. The minimum Gasteiger partial charge on any atom is -0.351 e. The number of amidine groups is 1. The van der Waals surface area contributed by atoms with E-state index in [1.165, 1.54) is 0 Å². The highest BCUT2D eigenvalue weighted by Crippen LogP contribution is 2.36. The predicted molar refractivity (Wildman–Crippen MR) is 150 cm³/mol. The fourth-order valence-corrected chi connectivity index (χ4v) is 5.79. The first-order valence-corrected chi connectivity index (χ1v) is 13.6. The summed E-state index contributed by atoms with van der Waals surface area (Å²) < 4.78 is 0. The molecule has 0 radical (unpaired) electrons. The lowest BCUT2D eigenvalue weighted by atomic mass is 10.0. The van der Waals surface area contributed by atoms with Crippen molar-refractivity contribution in [2.45, 2.75) is 91.4 Å². The fraction of sp³-hybridized carbons (Fsp3) is 0.571. The first kappa shape index (κ1) is 26.9. The number of rotatable bonds is 9. The molecule has 4 rings (SSSR count). The maximum Gasteiger partial charge on any atom is 0.260 e. The van der Waals surface area contributed by atoms with E-state index in [1.807, 2.05) is 24.3 Å². The molecule has 200 valence electrons. The van der Waals surface area contributed by atoms with Gasteiger partial charge < -0.3 is 21.4 Å². The third-order valence-corrected chi connectivity index (χ3v) is 7.84. The van der Waals surface area contributed by atoms with E-state index in [9.17, 15) is 4.79 Å². The first-order chi connectivity index (χ1) is 17.8. The molecule has 1 fully saturated rings. The van der Waals surface area contributed by atoms with Gasteiger partial charge in [-0.3, -0.25) is 9.69 Å². The fourth-order valence-electron chi connectivity index (χ4n) is 5.79. The zero-order chi connectivity index (χ0) is 26.7. The van der Waals surface area contributed by atoms with E-state index in [0.717, 1.165) is 62.3 Å². The molecule has 0 bridgehead atoms. The monoisotopic (exact) mass is 506 g/mol. The van der Waals surface area contributed by atoms with Crippen LogP contribution in [0, 0.1) is 0 Å². The van der Waals surface area contributed by atoms with E-state index in [1.54, 1.807) is 4.90 Å². The largest absolute Gasteiger partial charge is 0.351 e. The van der Waals surface area contributed by atoms with Crippen LogP contribution in [-0.4, -0.2) is 51.3 Å². The summed E-state index contributed by atoms with van der Waals surface area (Å²) in [7, 11) is 0. The van der Waals surface area contributed by atoms with Crippen molar-refractivity contribution >= 4 is 23.4 Å². The molecule has 2 aliphatic rings. The molecule has 9 heteroatoms. The number of fused-ring (bicyclic) bond motifs is 1. The Morgan fingerprint density at radius 2 is 1.95 bits per heavy atom. The van der Waals surface area contributed by atoms with Crippen molar-refractivity contribution in [1.82, 2.24) is 14.9 Å². The van der Waals surface area contributed by atoms with E-state index in [2.05, 4.69) is 49.5 Å². The standard InChI is InChI=1S/C28H42N8O/c1-6-14-34(19(7-2)8-3)26(33-30)22-11-9-12-24(31-22)35-18-21-20(27(35)37)16-25(32-23(21)17-29)36-15-10-13-28(36,4)5/h9,11-12,16,19H,6-8,10,13-15,17-18,29-30H2,1-5H3/b33-26-. The van der Waals surface area contributed by atoms with E-state index in [4.69, 9.17) is 21.5 Å². The summed E-state index contributed by atoms with van der Waals surface area (Å²) in [4.78, 5) is 29.8. The molecule has 0 spiro atoms. The van der Waals surface area contributed by atoms with E-state index < -0.39 is 0 Å². The van der Waals surface area contributed by atoms with E-state index >= 15 is 0 Å². The molecule has 2 aromatic rings. The van der Waals surface area contributed by atoms with Gasteiger partial charge in [0.05, 0.1) is 17.8 Å². The SMILES string of the molecule is CCCN(/C(=N\N)c1cccc(N2Cc3c(cc(N4CCCC4(C)C)nc3CN)C2=O)n1)C(CC)CC. The van der Waals surface area contributed by atoms with Gasteiger partial charge in [0.1, 0.15) is 17.3 Å². The number of carbonyl (C=O) groups excluding carboxylic acids is 1. The molecule has 1 amide bonds. The van der Waals surface area contributed by atoms with Crippen LogP contribution in [0.5, 0.6) is 0 Å². The second-order valence-corrected chi connectivity index (χ2v) is 10.6. The minimum absolute atomic E-state index is 0.00148. The number of nitrogens with two attached hydrogens (primary N) is 2. The Bertz CT molecular complexity index is 1160. The number of anilines is 2. The number of carbonyl (C=O) groups is 1. The van der Waals surface area contributed by atoms with Crippen molar-refractivity contribution in [3.63, 3.8) is 0 Å². The van der Waals surface area contributed by atoms with E-state index in [-0.39, 0.29) is 18.0 Å². The minimum atomic E-state index is -0.0772. The Labute approximate surface area is 220 Å². The molecule has 4 N–H and O–H groups in total. The zero-order valence-electron chi connectivity index (χ0n) is 23.0. The van der Waals surface area contributed by atoms with Crippen LogP contribution in [0.25, 0.3) is 0 Å². The van der Waals surface area contributed by atoms with Crippen LogP contribution in [0.15, 0.2) is 29.4 Å². The molecule has 1 saturated heterocycles. The van der Waals surface area contributed by atoms with Crippen molar-refractivity contribution in [3.8, 4) is 0 Å². The van der Waals surface area contributed by atoms with Crippen LogP contribution < -0.4 is 21.4 Å². The molecule has 0 aromatic carbocycles. The Balaban J connectivity index is 1.68. The normalized spacial score (nSPS) is 17.2. The van der Waals surface area contributed by atoms with Gasteiger partial charge in [0.25, 0.3) is 5.91 Å². The van der Waals surface area contributed by atoms with Gasteiger partial charge in [-0.15, -0.1) is 0 Å². The number of amides is 1. The summed E-state index contributed by atoms with van der Waals surface area (Å²) >= 11 is 0. The first-order valence-electron chi connectivity index (χ1n) is 13.6. The molecule has 4 heterocycles. The average Bonchev–Trinajstić information content (AvgIpc) is 3.43. The quantitative estimate of drug-likeness (QED) is 0.228. The predicted octanol–water partition coefficient (Wildman–Crippen LogP) is 4.00. The van der Waals surface area contributed by atoms with Crippen LogP contribution in [0.2, 0.25) is 0 Å². The van der Waals surface area contributed by atoms with Crippen LogP contribution in [-0.2, 0) is 13.1 Å². The lowest BCUT2D eigenvalue weighted by Gasteiger charge is -2.33. The third-order valence-electron chi connectivity index (χ3n) is 7.84. The molecule has 37 heavy (non-hydrogen) atoms. The van der Waals surface area contributed by atoms with Crippen molar-refractivity contribution in [2.75, 3.05) is 22.9 Å². The second-order valence-electron chi connectivity index (χ2n) is 10.6. The second kappa shape index (κ2) is 11.0. The number of hydrogen-bond acceptors (Lipinski definition) is 7. The third kappa shape index (κ3) is 5.01. The average molecular weight is 507 g/mol. The number of hydrogen-bond donors (Lipinski definition) is 2. The number of nitrogens with zero attached hydrogens (tertiary/aromatic N) is 6. The molecule has 2 aliphatic heterocycles. The van der Waals surface area contributed by atoms with Crippen LogP contribution >= 0.6 is 0 Å². The van der Waals surface area contributed by atoms with Crippen molar-refractivity contribution in [2.24, 2.45) is 16.7 Å². The van der Waals surface area contributed by atoms with Crippen LogP contribution in [0.4, 0.5) is 11.6 Å². The summed E-state index contributed by atoms with van der Waals surface area (Å²) in [5.41, 5.74) is 9.12. The maximum absolute atomic E-state index is 13.7. The van der Waals surface area contributed by atoms with Crippen molar-refractivity contribution in [3.05, 3.63) is 46.8 Å². The molecule has 0 atom stereocenters. The molecular weight excluding hydrogens is 464 g/mol. The van der Waals surface area contributed by atoms with Crippen LogP contribution in [0.3, 0.4) is 0 Å². The number of aromatic nitrogens is 2. The smallest absolute Gasteiger partial charge is 0.260 e. The summed E-state index contributed by atoms with van der Waals surface area (Å²) in [5.74, 6) is 7.90. The zero-order valence-corrected chi connectivity index (χ0v) is 23.0. The lowest BCUT2D eigenvalue weighted by molar-refractivity contribution is 0.0996. The Kier molecular flexibility index (Phi) is 8.02. The molecular formula is C28H42N8O. The summed E-state index contributed by atoms with van der Waals surface area (Å²) in [6.45, 7) is 13.4. The van der Waals surface area contributed by atoms with Gasteiger partial charge in [-0.05, 0) is 64.2 Å². The maximum atomic E-state index is 13.7. The summed E-state index contributed by atoms with van der Waals surface area (Å²) in [6.07, 6.45) is 5.15. The highest BCUT2D eigenvalue weighted by molar-refractivity contribution is 6.10. The van der Waals surface area contributed by atoms with Gasteiger partial charge in [-0.25, -0.2) is 9.97 Å². The molecule has 2 aromatic heterocycles. The summed E-state index contributed by atoms with van der Waals surface area (Å²) in [6, 6.07) is 7.95. The van der Waals surface area contributed by atoms with Gasteiger partial charge in [0.2, 0.25) is 0 Å². The Hall–Kier alpha value is -3.20. The highest BCUT2D eigenvalue weighted by Gasteiger charge is 2.37. The molecule has 0 saturated carbocycles. The van der Waals surface area contributed by atoms with E-state index in [0.29, 0.717) is 35.5 Å². The molecule has 0 aliphatic carbocycles. The van der Waals surface area contributed by atoms with Gasteiger partial charge in [-0.1, -0.05) is 26.8 Å².